The molecule has 0 aromatic rings. The highest BCUT2D eigenvalue weighted by Gasteiger charge is 2.74. The van der Waals surface area contributed by atoms with Crippen LogP contribution in [0.5, 0.6) is 0 Å². The van der Waals surface area contributed by atoms with Gasteiger partial charge in [0.05, 0.1) is 10.8 Å². The number of carbonyl (C=O) groups is 1. The molecule has 1 aliphatic carbocycles. The Balaban J connectivity index is 3.60. The maximum absolute atomic E-state index is 13.8. The second kappa shape index (κ2) is 9.77. The zero-order valence-electron chi connectivity index (χ0n) is 22.7. The van der Waals surface area contributed by atoms with Crippen LogP contribution in [0.4, 0.5) is 39.5 Å². The normalized spacial score (nSPS) is 25.0. The number of carbonyl (C=O) groups excluding carboxylic acids is 1. The van der Waals surface area contributed by atoms with Gasteiger partial charge in [0.25, 0.3) is 5.60 Å². The molecule has 1 saturated carbocycles. The van der Waals surface area contributed by atoms with Crippen molar-refractivity contribution in [2.24, 2.45) is 33.5 Å². The first-order valence-electron chi connectivity index (χ1n) is 12.1. The Morgan fingerprint density at radius 3 is 1.43 bits per heavy atom. The minimum absolute atomic E-state index is 0.227. The Morgan fingerprint density at radius 2 is 1.11 bits per heavy atom. The number of esters is 1. The molecule has 220 valence electrons. The Morgan fingerprint density at radius 1 is 0.703 bits per heavy atom. The summed E-state index contributed by atoms with van der Waals surface area (Å²) >= 11 is 0. The van der Waals surface area contributed by atoms with Crippen LogP contribution in [-0.4, -0.2) is 41.3 Å². The molecule has 1 rings (SSSR count). The van der Waals surface area contributed by atoms with E-state index >= 15 is 0 Å². The first-order chi connectivity index (χ1) is 15.9. The first-order valence-corrected chi connectivity index (χ1v) is 12.1. The van der Waals surface area contributed by atoms with Crippen LogP contribution in [0.2, 0.25) is 0 Å². The van der Waals surface area contributed by atoms with Crippen molar-refractivity contribution < 1.29 is 54.2 Å². The summed E-state index contributed by atoms with van der Waals surface area (Å²) < 4.78 is 129. The van der Waals surface area contributed by atoms with E-state index in [1.165, 1.54) is 0 Å². The summed E-state index contributed by atoms with van der Waals surface area (Å²) in [5.41, 5.74) is -10.5. The number of hydrogen-bond donors (Lipinski definition) is 1. The molecule has 0 spiro atoms. The summed E-state index contributed by atoms with van der Waals surface area (Å²) in [6, 6.07) is 0. The molecule has 4 unspecified atom stereocenters. The highest BCUT2D eigenvalue weighted by Crippen LogP contribution is 2.57. The van der Waals surface area contributed by atoms with E-state index in [0.717, 1.165) is 0 Å². The van der Waals surface area contributed by atoms with E-state index in [1.54, 1.807) is 27.7 Å². The van der Waals surface area contributed by atoms with Crippen LogP contribution in [0.25, 0.3) is 0 Å². The molecule has 37 heavy (non-hydrogen) atoms. The minimum atomic E-state index is -6.22. The largest absolute Gasteiger partial charge is 0.462 e. The van der Waals surface area contributed by atoms with Gasteiger partial charge in [-0.15, -0.1) is 0 Å². The molecule has 0 bridgehead atoms. The van der Waals surface area contributed by atoms with Crippen molar-refractivity contribution in [3.8, 4) is 0 Å². The molecule has 0 heterocycles. The Labute approximate surface area is 212 Å². The fourth-order valence-corrected chi connectivity index (χ4v) is 5.13. The Bertz CT molecular complexity index is 800. The number of rotatable bonds is 5. The molecular formula is C25H39F9O3. The Hall–Kier alpha value is -1.20. The Kier molecular flexibility index (Phi) is 8.93. The van der Waals surface area contributed by atoms with Crippen LogP contribution in [0.3, 0.4) is 0 Å². The lowest BCUT2D eigenvalue weighted by atomic mass is 9.61. The number of hydrogen-bond acceptors (Lipinski definition) is 3. The van der Waals surface area contributed by atoms with Gasteiger partial charge in [-0.1, -0.05) is 55.4 Å². The fourth-order valence-electron chi connectivity index (χ4n) is 5.13. The average molecular weight is 559 g/mol. The zero-order chi connectivity index (χ0) is 29.8. The van der Waals surface area contributed by atoms with Gasteiger partial charge >= 0.3 is 24.5 Å². The third kappa shape index (κ3) is 6.69. The van der Waals surface area contributed by atoms with Crippen molar-refractivity contribution in [3.63, 3.8) is 0 Å². The van der Waals surface area contributed by atoms with Crippen molar-refractivity contribution in [3.05, 3.63) is 0 Å². The summed E-state index contributed by atoms with van der Waals surface area (Å²) in [6.45, 7) is 13.5. The third-order valence-electron chi connectivity index (χ3n) is 8.13. The van der Waals surface area contributed by atoms with E-state index in [9.17, 15) is 49.4 Å². The quantitative estimate of drug-likeness (QED) is 0.273. The predicted molar refractivity (Wildman–Crippen MR) is 119 cm³/mol. The highest BCUT2D eigenvalue weighted by atomic mass is 19.4. The van der Waals surface area contributed by atoms with Gasteiger partial charge in [-0.2, -0.15) is 39.5 Å². The van der Waals surface area contributed by atoms with Gasteiger partial charge in [0.2, 0.25) is 0 Å². The number of aliphatic hydroxyl groups is 1. The van der Waals surface area contributed by atoms with E-state index in [2.05, 4.69) is 0 Å². The molecule has 0 aromatic heterocycles. The predicted octanol–water partition coefficient (Wildman–Crippen LogP) is 8.25. The standard InChI is InChI=1S/C25H39F9O3/c1-18(2,3)13-21(9,19(4,5)6)17(35)37-16-11-14(20(7,8)23(26,27)28)10-15(12-16)22(36,24(29,30)31)25(32,33)34/h14-16,36H,10-13H2,1-9H3. The van der Waals surface area contributed by atoms with Crippen molar-refractivity contribution in [1.29, 1.82) is 0 Å². The van der Waals surface area contributed by atoms with Gasteiger partial charge < -0.3 is 9.84 Å². The molecule has 0 saturated heterocycles. The second-order valence-electron chi connectivity index (χ2n) is 13.4. The average Bonchev–Trinajstić information content (AvgIpc) is 2.61. The second-order valence-corrected chi connectivity index (χ2v) is 13.4. The molecule has 1 aliphatic rings. The van der Waals surface area contributed by atoms with Crippen molar-refractivity contribution in [1.82, 2.24) is 0 Å². The number of ether oxygens (including phenoxy) is 1. The van der Waals surface area contributed by atoms with Crippen LogP contribution in [-0.2, 0) is 9.53 Å². The molecule has 0 amide bonds. The van der Waals surface area contributed by atoms with E-state index in [1.807, 2.05) is 20.8 Å². The summed E-state index contributed by atoms with van der Waals surface area (Å²) in [7, 11) is 0. The summed E-state index contributed by atoms with van der Waals surface area (Å²) in [4.78, 5) is 13.4. The lowest BCUT2D eigenvalue weighted by molar-refractivity contribution is -0.390. The van der Waals surface area contributed by atoms with Crippen LogP contribution in [0.15, 0.2) is 0 Å². The van der Waals surface area contributed by atoms with Crippen LogP contribution in [0, 0.1) is 33.5 Å². The summed E-state index contributed by atoms with van der Waals surface area (Å²) in [6.07, 6.45) is -21.8. The zero-order valence-corrected chi connectivity index (χ0v) is 22.7. The summed E-state index contributed by atoms with van der Waals surface area (Å²) in [5, 5.41) is 10.0. The van der Waals surface area contributed by atoms with Gasteiger partial charge in [-0.25, -0.2) is 0 Å². The van der Waals surface area contributed by atoms with Gasteiger partial charge in [-0.3, -0.25) is 4.79 Å². The monoisotopic (exact) mass is 558 g/mol. The maximum atomic E-state index is 13.8. The topological polar surface area (TPSA) is 46.5 Å². The molecule has 0 aromatic carbocycles. The molecule has 4 atom stereocenters. The van der Waals surface area contributed by atoms with Crippen LogP contribution < -0.4 is 0 Å². The van der Waals surface area contributed by atoms with Crippen LogP contribution >= 0.6 is 0 Å². The van der Waals surface area contributed by atoms with Gasteiger partial charge in [-0.05, 0) is 49.4 Å². The third-order valence-corrected chi connectivity index (χ3v) is 8.13. The van der Waals surface area contributed by atoms with Crippen molar-refractivity contribution >= 4 is 5.97 Å². The molecule has 3 nitrogen and oxygen atoms in total. The molecule has 1 N–H and O–H groups in total. The number of halogens is 9. The van der Waals surface area contributed by atoms with E-state index in [0.29, 0.717) is 13.8 Å². The maximum Gasteiger partial charge on any atom is 0.426 e. The smallest absolute Gasteiger partial charge is 0.426 e. The van der Waals surface area contributed by atoms with Gasteiger partial charge in [0, 0.05) is 5.92 Å². The number of alkyl halides is 9. The van der Waals surface area contributed by atoms with Gasteiger partial charge in [0.1, 0.15) is 6.10 Å². The molecular weight excluding hydrogens is 519 g/mol. The van der Waals surface area contributed by atoms with Crippen LogP contribution in [0.1, 0.15) is 88.0 Å². The van der Waals surface area contributed by atoms with E-state index < -0.39 is 89.0 Å². The molecule has 1 fully saturated rings. The van der Waals surface area contributed by atoms with Crippen molar-refractivity contribution in [2.45, 2.75) is 118 Å². The van der Waals surface area contributed by atoms with Crippen molar-refractivity contribution in [2.75, 3.05) is 0 Å². The SMILES string of the molecule is CC(C)(C)CC(C)(C(=O)OC1CC(C(C)(C)C(F)(F)F)CC(C(O)(C(F)(F)F)C(F)(F)F)C1)C(C)(C)C. The molecule has 0 aliphatic heterocycles. The molecule has 12 heteroatoms. The van der Waals surface area contributed by atoms with E-state index in [4.69, 9.17) is 4.74 Å². The fraction of sp³-hybridized carbons (Fsp3) is 0.960. The highest BCUT2D eigenvalue weighted by molar-refractivity contribution is 5.77. The summed E-state index contributed by atoms with van der Waals surface area (Å²) in [5.74, 6) is -5.43. The lowest BCUT2D eigenvalue weighted by Crippen LogP contribution is -2.64. The minimum Gasteiger partial charge on any atom is -0.462 e. The van der Waals surface area contributed by atoms with E-state index in [-0.39, 0.29) is 6.42 Å². The lowest BCUT2D eigenvalue weighted by Gasteiger charge is -2.49. The first kappa shape index (κ1) is 33.8. The molecule has 0 radical (unpaired) electrons. The van der Waals surface area contributed by atoms with Gasteiger partial charge in [0.15, 0.2) is 0 Å².